The standard InChI is InChI=1S/C24H20ClNO4S/c1-14-23(24(27)19-12-20(25)22(30-2)13-21(19)26-14)17-6-4-15(5-7-17)16-8-10-18(11-9-16)31(3,28)29/h4-13H,1-3H3,(H,26,27). The van der Waals surface area contributed by atoms with Gasteiger partial charge in [0.05, 0.1) is 22.5 Å². The molecule has 31 heavy (non-hydrogen) atoms. The number of fused-ring (bicyclic) bond motifs is 1. The molecule has 0 aliphatic heterocycles. The first-order valence-corrected chi connectivity index (χ1v) is 11.8. The Kier molecular flexibility index (Phi) is 5.37. The molecule has 0 bridgehead atoms. The number of H-pyrrole nitrogens is 1. The second kappa shape index (κ2) is 7.87. The third kappa shape index (κ3) is 3.96. The smallest absolute Gasteiger partial charge is 0.197 e. The molecule has 0 aliphatic carbocycles. The van der Waals surface area contributed by atoms with Crippen LogP contribution in [0.3, 0.4) is 0 Å². The third-order valence-corrected chi connectivity index (χ3v) is 6.67. The molecular weight excluding hydrogens is 434 g/mol. The average molecular weight is 454 g/mol. The molecule has 7 heteroatoms. The minimum absolute atomic E-state index is 0.110. The number of methoxy groups -OCH3 is 1. The predicted molar refractivity (Wildman–Crippen MR) is 125 cm³/mol. The molecule has 1 heterocycles. The Morgan fingerprint density at radius 3 is 2.00 bits per heavy atom. The van der Waals surface area contributed by atoms with Gasteiger partial charge in [-0.3, -0.25) is 4.79 Å². The number of halogens is 1. The van der Waals surface area contributed by atoms with Crippen LogP contribution in [0.4, 0.5) is 0 Å². The van der Waals surface area contributed by atoms with E-state index in [2.05, 4.69) is 4.98 Å². The molecule has 0 fully saturated rings. The van der Waals surface area contributed by atoms with Gasteiger partial charge in [0.1, 0.15) is 5.75 Å². The van der Waals surface area contributed by atoms with Gasteiger partial charge >= 0.3 is 0 Å². The van der Waals surface area contributed by atoms with Crippen molar-refractivity contribution in [2.75, 3.05) is 13.4 Å². The van der Waals surface area contributed by atoms with Crippen molar-refractivity contribution < 1.29 is 13.2 Å². The molecule has 4 rings (SSSR count). The van der Waals surface area contributed by atoms with Gasteiger partial charge in [-0.05, 0) is 41.8 Å². The number of aromatic nitrogens is 1. The number of hydrogen-bond acceptors (Lipinski definition) is 4. The van der Waals surface area contributed by atoms with Crippen molar-refractivity contribution in [3.63, 3.8) is 0 Å². The Balaban J connectivity index is 1.76. The van der Waals surface area contributed by atoms with Crippen molar-refractivity contribution >= 4 is 32.3 Å². The van der Waals surface area contributed by atoms with Gasteiger partial charge in [0.2, 0.25) is 0 Å². The lowest BCUT2D eigenvalue weighted by atomic mass is 9.98. The summed E-state index contributed by atoms with van der Waals surface area (Å²) in [6.45, 7) is 1.86. The van der Waals surface area contributed by atoms with Crippen molar-refractivity contribution in [2.24, 2.45) is 0 Å². The van der Waals surface area contributed by atoms with Crippen LogP contribution in [0.2, 0.25) is 5.02 Å². The van der Waals surface area contributed by atoms with Gasteiger partial charge in [-0.15, -0.1) is 0 Å². The highest BCUT2D eigenvalue weighted by molar-refractivity contribution is 7.90. The monoisotopic (exact) mass is 453 g/mol. The number of aryl methyl sites for hydroxylation is 1. The Hall–Kier alpha value is -3.09. The van der Waals surface area contributed by atoms with Gasteiger partial charge in [-0.1, -0.05) is 48.0 Å². The maximum Gasteiger partial charge on any atom is 0.197 e. The van der Waals surface area contributed by atoms with Crippen molar-refractivity contribution in [3.05, 3.63) is 81.6 Å². The van der Waals surface area contributed by atoms with Crippen LogP contribution in [0.25, 0.3) is 33.2 Å². The first-order valence-electron chi connectivity index (χ1n) is 9.50. The maximum atomic E-state index is 13.2. The molecule has 3 aromatic carbocycles. The molecule has 5 nitrogen and oxygen atoms in total. The lowest BCUT2D eigenvalue weighted by Gasteiger charge is -2.11. The van der Waals surface area contributed by atoms with Crippen LogP contribution in [-0.2, 0) is 9.84 Å². The summed E-state index contributed by atoms with van der Waals surface area (Å²) >= 11 is 6.23. The van der Waals surface area contributed by atoms with E-state index in [0.717, 1.165) is 22.4 Å². The quantitative estimate of drug-likeness (QED) is 0.458. The van der Waals surface area contributed by atoms with Crippen LogP contribution >= 0.6 is 11.6 Å². The molecule has 0 saturated heterocycles. The highest BCUT2D eigenvalue weighted by atomic mass is 35.5. The van der Waals surface area contributed by atoms with Crippen LogP contribution in [0.5, 0.6) is 5.75 Å². The van der Waals surface area contributed by atoms with E-state index in [1.165, 1.54) is 13.4 Å². The lowest BCUT2D eigenvalue weighted by Crippen LogP contribution is -2.10. The fourth-order valence-electron chi connectivity index (χ4n) is 3.64. The van der Waals surface area contributed by atoms with Crippen LogP contribution in [0.1, 0.15) is 5.69 Å². The van der Waals surface area contributed by atoms with Crippen LogP contribution in [0, 0.1) is 6.92 Å². The van der Waals surface area contributed by atoms with E-state index in [-0.39, 0.29) is 10.3 Å². The molecule has 0 unspecified atom stereocenters. The van der Waals surface area contributed by atoms with Crippen LogP contribution in [0.15, 0.2) is 70.4 Å². The van der Waals surface area contributed by atoms with E-state index in [9.17, 15) is 13.2 Å². The molecule has 1 aromatic heterocycles. The Morgan fingerprint density at radius 2 is 1.45 bits per heavy atom. The van der Waals surface area contributed by atoms with E-state index in [1.807, 2.05) is 31.2 Å². The molecule has 0 spiro atoms. The predicted octanol–water partition coefficient (Wildman–Crippen LogP) is 5.24. The summed E-state index contributed by atoms with van der Waals surface area (Å²) in [6.07, 6.45) is 1.18. The zero-order valence-corrected chi connectivity index (χ0v) is 18.8. The largest absolute Gasteiger partial charge is 0.495 e. The molecule has 1 N–H and O–H groups in total. The highest BCUT2D eigenvalue weighted by Crippen LogP contribution is 2.31. The molecule has 0 radical (unpaired) electrons. The summed E-state index contributed by atoms with van der Waals surface area (Å²) in [4.78, 5) is 16.8. The minimum Gasteiger partial charge on any atom is -0.495 e. The second-order valence-corrected chi connectivity index (χ2v) is 9.78. The lowest BCUT2D eigenvalue weighted by molar-refractivity contribution is 0.415. The fourth-order valence-corrected chi connectivity index (χ4v) is 4.51. The van der Waals surface area contributed by atoms with Crippen molar-refractivity contribution in [2.45, 2.75) is 11.8 Å². The van der Waals surface area contributed by atoms with E-state index in [4.69, 9.17) is 16.3 Å². The molecular formula is C24H20ClNO4S. The number of nitrogens with one attached hydrogen (secondary N) is 1. The van der Waals surface area contributed by atoms with Crippen molar-refractivity contribution in [1.82, 2.24) is 4.98 Å². The highest BCUT2D eigenvalue weighted by Gasteiger charge is 2.14. The minimum atomic E-state index is -3.24. The van der Waals surface area contributed by atoms with Crippen molar-refractivity contribution in [3.8, 4) is 28.0 Å². The molecule has 0 atom stereocenters. The van der Waals surface area contributed by atoms with E-state index >= 15 is 0 Å². The Bertz CT molecular complexity index is 1460. The number of ether oxygens (including phenoxy) is 1. The SMILES string of the molecule is COc1cc2[nH]c(C)c(-c3ccc(-c4ccc(S(C)(=O)=O)cc4)cc3)c(=O)c2cc1Cl. The molecule has 4 aromatic rings. The van der Waals surface area contributed by atoms with Gasteiger partial charge < -0.3 is 9.72 Å². The number of hydrogen-bond donors (Lipinski definition) is 1. The Labute approximate surface area is 185 Å². The fraction of sp³-hybridized carbons (Fsp3) is 0.125. The van der Waals surface area contributed by atoms with Gasteiger partial charge in [0.25, 0.3) is 0 Å². The number of sulfone groups is 1. The molecule has 0 saturated carbocycles. The number of pyridine rings is 1. The van der Waals surface area contributed by atoms with Gasteiger partial charge in [-0.25, -0.2) is 8.42 Å². The summed E-state index contributed by atoms with van der Waals surface area (Å²) in [5.41, 5.74) is 4.47. The van der Waals surface area contributed by atoms with Gasteiger partial charge in [0.15, 0.2) is 15.3 Å². The number of rotatable bonds is 4. The van der Waals surface area contributed by atoms with Crippen LogP contribution in [-0.4, -0.2) is 26.8 Å². The van der Waals surface area contributed by atoms with E-state index in [0.29, 0.717) is 27.2 Å². The first-order chi connectivity index (χ1) is 14.7. The van der Waals surface area contributed by atoms with Gasteiger partial charge in [-0.2, -0.15) is 0 Å². The zero-order chi connectivity index (χ0) is 22.3. The summed E-state index contributed by atoms with van der Waals surface area (Å²) in [5.74, 6) is 0.503. The van der Waals surface area contributed by atoms with Crippen molar-refractivity contribution in [1.29, 1.82) is 0 Å². The topological polar surface area (TPSA) is 76.2 Å². The van der Waals surface area contributed by atoms with E-state index in [1.54, 1.807) is 36.4 Å². The third-order valence-electron chi connectivity index (χ3n) is 5.25. The second-order valence-electron chi connectivity index (χ2n) is 7.36. The number of aromatic amines is 1. The summed E-state index contributed by atoms with van der Waals surface area (Å²) in [5, 5.41) is 0.870. The zero-order valence-electron chi connectivity index (χ0n) is 17.2. The van der Waals surface area contributed by atoms with E-state index < -0.39 is 9.84 Å². The summed E-state index contributed by atoms with van der Waals surface area (Å²) in [6, 6.07) is 17.7. The Morgan fingerprint density at radius 1 is 0.903 bits per heavy atom. The summed E-state index contributed by atoms with van der Waals surface area (Å²) in [7, 11) is -1.70. The first kappa shape index (κ1) is 21.2. The molecule has 0 aliphatic rings. The molecule has 158 valence electrons. The van der Waals surface area contributed by atoms with Gasteiger partial charge in [0, 0.05) is 29.0 Å². The summed E-state index contributed by atoms with van der Waals surface area (Å²) < 4.78 is 28.5. The number of benzene rings is 3. The normalized spacial score (nSPS) is 11.6. The maximum absolute atomic E-state index is 13.2. The molecule has 0 amide bonds. The average Bonchev–Trinajstić information content (AvgIpc) is 2.74. The van der Waals surface area contributed by atoms with Crippen LogP contribution < -0.4 is 10.2 Å².